The maximum Gasteiger partial charge on any atom is 0.239 e. The molecule has 2 N–H and O–H groups in total. The number of nitrogens with zero attached hydrogens (tertiary/aromatic N) is 1. The molecule has 5 nitrogen and oxygen atoms in total. The first-order valence-corrected chi connectivity index (χ1v) is 9.25. The lowest BCUT2D eigenvalue weighted by atomic mass is 10.0. The van der Waals surface area contributed by atoms with E-state index in [4.69, 9.17) is 4.74 Å². The highest BCUT2D eigenvalue weighted by molar-refractivity contribution is 7.99. The number of amides is 1. The summed E-state index contributed by atoms with van der Waals surface area (Å²) in [6, 6.07) is 0.356. The van der Waals surface area contributed by atoms with Crippen LogP contribution in [0.5, 0.6) is 0 Å². The fraction of sp³-hybridized carbons (Fsp3) is 0.933. The van der Waals surface area contributed by atoms with E-state index in [2.05, 4.69) is 10.2 Å². The van der Waals surface area contributed by atoms with Crippen LogP contribution in [-0.2, 0) is 9.53 Å². The number of hydrogen-bond acceptors (Lipinski definition) is 5. The summed E-state index contributed by atoms with van der Waals surface area (Å²) in [6.45, 7) is 2.42. The maximum atomic E-state index is 12.5. The van der Waals surface area contributed by atoms with Gasteiger partial charge in [-0.05, 0) is 25.0 Å². The molecule has 0 bridgehead atoms. The third-order valence-corrected chi connectivity index (χ3v) is 6.17. The minimum absolute atomic E-state index is 0.0203. The highest BCUT2D eigenvalue weighted by Crippen LogP contribution is 2.28. The largest absolute Gasteiger partial charge is 0.387 e. The van der Waals surface area contributed by atoms with Gasteiger partial charge in [0.25, 0.3) is 0 Å². The van der Waals surface area contributed by atoms with Gasteiger partial charge in [0.1, 0.15) is 6.04 Å². The van der Waals surface area contributed by atoms with Gasteiger partial charge in [-0.1, -0.05) is 12.8 Å². The van der Waals surface area contributed by atoms with Gasteiger partial charge in [0.15, 0.2) is 0 Å². The average molecular weight is 314 g/mol. The Kier molecular flexibility index (Phi) is 5.09. The normalized spacial score (nSPS) is 35.2. The number of rotatable bonds is 4. The molecule has 0 radical (unpaired) electrons. The van der Waals surface area contributed by atoms with Crippen LogP contribution in [-0.4, -0.2) is 71.4 Å². The second-order valence-electron chi connectivity index (χ2n) is 6.51. The van der Waals surface area contributed by atoms with Gasteiger partial charge in [0.05, 0.1) is 18.8 Å². The van der Waals surface area contributed by atoms with Crippen molar-refractivity contribution in [3.05, 3.63) is 0 Å². The van der Waals surface area contributed by atoms with Crippen LogP contribution in [0.1, 0.15) is 32.1 Å². The third-order valence-electron chi connectivity index (χ3n) is 4.94. The van der Waals surface area contributed by atoms with E-state index in [1.54, 1.807) is 11.8 Å². The lowest BCUT2D eigenvalue weighted by molar-refractivity contribution is -0.135. The Balaban J connectivity index is 1.56. The standard InChI is InChI=1S/C15H26N2O3S/c18-14(16-10-15(19)5-8-21-11-15)13-9-20-7-6-17(13)12-3-1-2-4-12/h12-13,19H,1-11H2,(H,16,18)/t13-,15-/m0/s1. The SMILES string of the molecule is O=C(NC[C@@]1(O)CCSC1)[C@@H]1COCCN1C1CCCC1. The Bertz CT molecular complexity index is 368. The molecular formula is C15H26N2O3S. The van der Waals surface area contributed by atoms with Crippen molar-refractivity contribution in [1.29, 1.82) is 0 Å². The van der Waals surface area contributed by atoms with Gasteiger partial charge in [-0.3, -0.25) is 9.69 Å². The maximum absolute atomic E-state index is 12.5. The molecule has 6 heteroatoms. The molecule has 2 atom stereocenters. The van der Waals surface area contributed by atoms with Gasteiger partial charge in [0.2, 0.25) is 5.91 Å². The second-order valence-corrected chi connectivity index (χ2v) is 7.62. The molecule has 0 spiro atoms. The van der Waals surface area contributed by atoms with Gasteiger partial charge in [-0.25, -0.2) is 0 Å². The van der Waals surface area contributed by atoms with Crippen molar-refractivity contribution in [2.45, 2.75) is 49.8 Å². The monoisotopic (exact) mass is 314 g/mol. The molecule has 1 aliphatic carbocycles. The van der Waals surface area contributed by atoms with Crippen LogP contribution in [0.3, 0.4) is 0 Å². The molecule has 0 unspecified atom stereocenters. The summed E-state index contributed by atoms with van der Waals surface area (Å²) in [5, 5.41) is 13.3. The zero-order valence-electron chi connectivity index (χ0n) is 12.6. The molecule has 1 saturated carbocycles. The quantitative estimate of drug-likeness (QED) is 0.796. The number of aliphatic hydroxyl groups is 1. The Morgan fingerprint density at radius 1 is 1.43 bits per heavy atom. The molecule has 2 saturated heterocycles. The van der Waals surface area contributed by atoms with Crippen LogP contribution in [0.15, 0.2) is 0 Å². The van der Waals surface area contributed by atoms with Gasteiger partial charge >= 0.3 is 0 Å². The van der Waals surface area contributed by atoms with E-state index in [0.717, 1.165) is 31.1 Å². The van der Waals surface area contributed by atoms with Gasteiger partial charge < -0.3 is 15.2 Å². The minimum atomic E-state index is -0.714. The van der Waals surface area contributed by atoms with E-state index in [9.17, 15) is 9.90 Å². The molecule has 3 fully saturated rings. The summed E-state index contributed by atoms with van der Waals surface area (Å²) < 4.78 is 5.52. The number of thioether (sulfide) groups is 1. The van der Waals surface area contributed by atoms with E-state index in [1.165, 1.54) is 25.7 Å². The van der Waals surface area contributed by atoms with Crippen LogP contribution < -0.4 is 5.32 Å². The highest BCUT2D eigenvalue weighted by Gasteiger charge is 2.37. The van der Waals surface area contributed by atoms with Crippen molar-refractivity contribution in [3.63, 3.8) is 0 Å². The molecule has 21 heavy (non-hydrogen) atoms. The summed E-state index contributed by atoms with van der Waals surface area (Å²) in [5.41, 5.74) is -0.714. The first-order chi connectivity index (χ1) is 10.2. The molecular weight excluding hydrogens is 288 g/mol. The number of morpholine rings is 1. The summed E-state index contributed by atoms with van der Waals surface area (Å²) in [6.07, 6.45) is 5.71. The molecule has 3 rings (SSSR count). The fourth-order valence-electron chi connectivity index (χ4n) is 3.62. The molecule has 1 amide bonds. The number of carbonyl (C=O) groups excluding carboxylic acids is 1. The molecule has 2 aliphatic heterocycles. The van der Waals surface area contributed by atoms with Gasteiger partial charge in [-0.2, -0.15) is 11.8 Å². The first-order valence-electron chi connectivity index (χ1n) is 8.09. The summed E-state index contributed by atoms with van der Waals surface area (Å²) >= 11 is 1.75. The van der Waals surface area contributed by atoms with Crippen molar-refractivity contribution >= 4 is 17.7 Å². The second kappa shape index (κ2) is 6.86. The predicted octanol–water partition coefficient (Wildman–Crippen LogP) is 0.614. The summed E-state index contributed by atoms with van der Waals surface area (Å²) in [7, 11) is 0. The molecule has 3 aliphatic rings. The van der Waals surface area contributed by atoms with Gasteiger partial charge in [0, 0.05) is 24.9 Å². The molecule has 0 aromatic carbocycles. The van der Waals surface area contributed by atoms with Crippen LogP contribution >= 0.6 is 11.8 Å². The highest BCUT2D eigenvalue weighted by atomic mass is 32.2. The summed E-state index contributed by atoms with van der Waals surface area (Å²) in [4.78, 5) is 14.8. The minimum Gasteiger partial charge on any atom is -0.387 e. The van der Waals surface area contributed by atoms with Crippen LogP contribution in [0.4, 0.5) is 0 Å². The zero-order valence-corrected chi connectivity index (χ0v) is 13.4. The van der Waals surface area contributed by atoms with E-state index in [-0.39, 0.29) is 11.9 Å². The molecule has 0 aromatic rings. The van der Waals surface area contributed by atoms with Crippen molar-refractivity contribution in [2.24, 2.45) is 0 Å². The van der Waals surface area contributed by atoms with Crippen molar-refractivity contribution in [2.75, 3.05) is 37.8 Å². The smallest absolute Gasteiger partial charge is 0.239 e. The van der Waals surface area contributed by atoms with E-state index in [1.807, 2.05) is 0 Å². The number of carbonyl (C=O) groups is 1. The predicted molar refractivity (Wildman–Crippen MR) is 83.5 cm³/mol. The summed E-state index contributed by atoms with van der Waals surface area (Å²) in [5.74, 6) is 1.72. The number of nitrogens with one attached hydrogen (secondary N) is 1. The molecule has 2 heterocycles. The zero-order chi connectivity index (χ0) is 14.7. The lowest BCUT2D eigenvalue weighted by Crippen LogP contribution is -2.58. The number of hydrogen-bond donors (Lipinski definition) is 2. The van der Waals surface area contributed by atoms with Crippen molar-refractivity contribution in [1.82, 2.24) is 10.2 Å². The Labute approximate surface area is 130 Å². The van der Waals surface area contributed by atoms with E-state index >= 15 is 0 Å². The topological polar surface area (TPSA) is 61.8 Å². The Morgan fingerprint density at radius 2 is 2.24 bits per heavy atom. The van der Waals surface area contributed by atoms with Crippen LogP contribution in [0.2, 0.25) is 0 Å². The first kappa shape index (κ1) is 15.6. The average Bonchev–Trinajstić information content (AvgIpc) is 3.17. The molecule has 0 aromatic heterocycles. The third kappa shape index (κ3) is 3.73. The Morgan fingerprint density at radius 3 is 2.95 bits per heavy atom. The number of ether oxygens (including phenoxy) is 1. The Hall–Kier alpha value is -0.300. The van der Waals surface area contributed by atoms with Crippen LogP contribution in [0, 0.1) is 0 Å². The van der Waals surface area contributed by atoms with Crippen molar-refractivity contribution in [3.8, 4) is 0 Å². The van der Waals surface area contributed by atoms with E-state index < -0.39 is 5.60 Å². The van der Waals surface area contributed by atoms with E-state index in [0.29, 0.717) is 19.2 Å². The lowest BCUT2D eigenvalue weighted by Gasteiger charge is -2.39. The molecule has 120 valence electrons. The van der Waals surface area contributed by atoms with Gasteiger partial charge in [-0.15, -0.1) is 0 Å². The van der Waals surface area contributed by atoms with Crippen molar-refractivity contribution < 1.29 is 14.6 Å². The fourth-order valence-corrected chi connectivity index (χ4v) is 4.92. The van der Waals surface area contributed by atoms with Crippen LogP contribution in [0.25, 0.3) is 0 Å².